The summed E-state index contributed by atoms with van der Waals surface area (Å²) < 4.78 is 32.5. The van der Waals surface area contributed by atoms with Crippen molar-refractivity contribution in [1.29, 1.82) is 0 Å². The Kier molecular flexibility index (Phi) is 10.5. The first-order chi connectivity index (χ1) is 19.8. The molecular weight excluding hydrogens is 500 g/mol. The van der Waals surface area contributed by atoms with Crippen molar-refractivity contribution in [3.8, 4) is 0 Å². The predicted octanol–water partition coefficient (Wildman–Crippen LogP) is 6.75. The minimum Gasteiger partial charge on any atom is -0.374 e. The maximum Gasteiger partial charge on any atom is 0.115 e. The number of ether oxygens (including phenoxy) is 5. The molecule has 1 saturated heterocycles. The van der Waals surface area contributed by atoms with E-state index in [0.29, 0.717) is 33.0 Å². The summed E-state index contributed by atoms with van der Waals surface area (Å²) in [5.41, 5.74) is 4.41. The summed E-state index contributed by atoms with van der Waals surface area (Å²) in [4.78, 5) is 0. The molecule has 0 N–H and O–H groups in total. The topological polar surface area (TPSA) is 46.2 Å². The van der Waals surface area contributed by atoms with Crippen LogP contribution in [-0.4, -0.2) is 37.1 Å². The monoisotopic (exact) mass is 538 g/mol. The van der Waals surface area contributed by atoms with Gasteiger partial charge < -0.3 is 23.7 Å². The molecule has 5 nitrogen and oxygen atoms in total. The fraction of sp³-hybridized carbons (Fsp3) is 0.314. The summed E-state index contributed by atoms with van der Waals surface area (Å²) in [6, 6.07) is 40.8. The highest BCUT2D eigenvalue weighted by Crippen LogP contribution is 2.30. The molecule has 0 aliphatic carbocycles. The van der Waals surface area contributed by atoms with Crippen LogP contribution in [0.15, 0.2) is 121 Å². The molecule has 0 amide bonds. The summed E-state index contributed by atoms with van der Waals surface area (Å²) in [6.45, 7) is 4.29. The second-order valence-corrected chi connectivity index (χ2v) is 10.2. The summed E-state index contributed by atoms with van der Waals surface area (Å²) in [5, 5.41) is 0. The smallest absolute Gasteiger partial charge is 0.115 e. The van der Waals surface area contributed by atoms with Crippen molar-refractivity contribution >= 4 is 0 Å². The molecule has 208 valence electrons. The molecule has 5 atom stereocenters. The molecule has 5 rings (SSSR count). The second kappa shape index (κ2) is 14.9. The molecule has 1 heterocycles. The molecular formula is C35H38O5. The van der Waals surface area contributed by atoms with Crippen LogP contribution < -0.4 is 0 Å². The Hall–Kier alpha value is -3.32. The van der Waals surface area contributed by atoms with E-state index in [0.717, 1.165) is 22.3 Å². The summed E-state index contributed by atoms with van der Waals surface area (Å²) in [6.07, 6.45) is -1.61. The SMILES string of the molecule is CC1O[C@H](COCc2ccccc2)[C@@H](OCc2ccccc2)[C@H](OCc2ccccc2)[C@H]1OCc1ccccc1. The van der Waals surface area contributed by atoms with Crippen LogP contribution in [0.25, 0.3) is 0 Å². The Morgan fingerprint density at radius 3 is 1.30 bits per heavy atom. The Balaban J connectivity index is 1.36. The highest BCUT2D eigenvalue weighted by Gasteiger charge is 2.46. The minimum atomic E-state index is -0.392. The zero-order chi connectivity index (χ0) is 27.4. The first-order valence-electron chi connectivity index (χ1n) is 14.0. The quantitative estimate of drug-likeness (QED) is 0.189. The molecule has 0 aromatic heterocycles. The highest BCUT2D eigenvalue weighted by molar-refractivity contribution is 5.16. The molecule has 0 spiro atoms. The fourth-order valence-corrected chi connectivity index (χ4v) is 5.02. The van der Waals surface area contributed by atoms with Gasteiger partial charge in [-0.3, -0.25) is 0 Å². The Morgan fingerprint density at radius 1 is 0.475 bits per heavy atom. The average molecular weight is 539 g/mol. The van der Waals surface area contributed by atoms with Crippen molar-refractivity contribution in [2.24, 2.45) is 0 Å². The summed E-state index contributed by atoms with van der Waals surface area (Å²) in [5.74, 6) is 0. The van der Waals surface area contributed by atoms with Crippen LogP contribution in [0, 0.1) is 0 Å². The third-order valence-electron chi connectivity index (χ3n) is 7.12. The number of hydrogen-bond donors (Lipinski definition) is 0. The van der Waals surface area contributed by atoms with Gasteiger partial charge in [0.15, 0.2) is 0 Å². The first kappa shape index (κ1) is 28.2. The van der Waals surface area contributed by atoms with Gasteiger partial charge >= 0.3 is 0 Å². The van der Waals surface area contributed by atoms with Gasteiger partial charge in [-0.1, -0.05) is 121 Å². The maximum atomic E-state index is 6.65. The van der Waals surface area contributed by atoms with Crippen molar-refractivity contribution < 1.29 is 23.7 Å². The number of benzene rings is 4. The fourth-order valence-electron chi connectivity index (χ4n) is 5.02. The van der Waals surface area contributed by atoms with Gasteiger partial charge in [-0.15, -0.1) is 0 Å². The van der Waals surface area contributed by atoms with Crippen LogP contribution in [0.3, 0.4) is 0 Å². The largest absolute Gasteiger partial charge is 0.374 e. The predicted molar refractivity (Wildman–Crippen MR) is 155 cm³/mol. The third-order valence-corrected chi connectivity index (χ3v) is 7.12. The Morgan fingerprint density at radius 2 is 0.850 bits per heavy atom. The normalized spacial score (nSPS) is 22.7. The summed E-state index contributed by atoms with van der Waals surface area (Å²) >= 11 is 0. The standard InChI is InChI=1S/C35H38O5/c1-27-33(37-23-29-16-8-3-9-17-29)35(39-25-31-20-12-5-13-21-31)34(38-24-30-18-10-4-11-19-30)32(40-27)26-36-22-28-14-6-2-7-15-28/h2-21,27,32-35H,22-26H2,1H3/t27?,32-,33+,34-,35-/m1/s1. The van der Waals surface area contributed by atoms with E-state index in [-0.39, 0.29) is 24.4 Å². The molecule has 1 aliphatic heterocycles. The molecule has 0 radical (unpaired) electrons. The lowest BCUT2D eigenvalue weighted by Gasteiger charge is -2.45. The van der Waals surface area contributed by atoms with E-state index in [1.807, 2.05) is 79.7 Å². The van der Waals surface area contributed by atoms with E-state index < -0.39 is 6.10 Å². The first-order valence-corrected chi connectivity index (χ1v) is 14.0. The molecule has 1 unspecified atom stereocenters. The summed E-state index contributed by atoms with van der Waals surface area (Å²) in [7, 11) is 0. The van der Waals surface area contributed by atoms with Crippen molar-refractivity contribution in [1.82, 2.24) is 0 Å². The zero-order valence-corrected chi connectivity index (χ0v) is 23.0. The van der Waals surface area contributed by atoms with Gasteiger partial charge in [-0.25, -0.2) is 0 Å². The highest BCUT2D eigenvalue weighted by atomic mass is 16.6. The van der Waals surface area contributed by atoms with Gasteiger partial charge in [-0.2, -0.15) is 0 Å². The van der Waals surface area contributed by atoms with Gasteiger partial charge in [-0.05, 0) is 29.2 Å². The van der Waals surface area contributed by atoms with Crippen LogP contribution in [0.4, 0.5) is 0 Å². The lowest BCUT2D eigenvalue weighted by atomic mass is 9.94. The van der Waals surface area contributed by atoms with Gasteiger partial charge in [0.05, 0.1) is 39.1 Å². The van der Waals surface area contributed by atoms with E-state index in [4.69, 9.17) is 23.7 Å². The van der Waals surface area contributed by atoms with Crippen molar-refractivity contribution in [3.63, 3.8) is 0 Å². The molecule has 5 heteroatoms. The third kappa shape index (κ3) is 8.10. The van der Waals surface area contributed by atoms with Crippen LogP contribution in [0.2, 0.25) is 0 Å². The molecule has 40 heavy (non-hydrogen) atoms. The molecule has 4 aromatic carbocycles. The van der Waals surface area contributed by atoms with Crippen LogP contribution in [-0.2, 0) is 50.1 Å². The molecule has 0 bridgehead atoms. The van der Waals surface area contributed by atoms with Crippen LogP contribution in [0.1, 0.15) is 29.2 Å². The van der Waals surface area contributed by atoms with E-state index in [2.05, 4.69) is 48.5 Å². The van der Waals surface area contributed by atoms with E-state index in [9.17, 15) is 0 Å². The Labute approximate surface area is 237 Å². The van der Waals surface area contributed by atoms with Crippen molar-refractivity contribution in [3.05, 3.63) is 144 Å². The zero-order valence-electron chi connectivity index (χ0n) is 23.0. The van der Waals surface area contributed by atoms with Gasteiger partial charge in [0.1, 0.15) is 24.4 Å². The number of hydrogen-bond acceptors (Lipinski definition) is 5. The lowest BCUT2D eigenvalue weighted by Crippen LogP contribution is -2.60. The van der Waals surface area contributed by atoms with E-state index >= 15 is 0 Å². The van der Waals surface area contributed by atoms with Crippen molar-refractivity contribution in [2.75, 3.05) is 6.61 Å². The van der Waals surface area contributed by atoms with E-state index in [1.165, 1.54) is 0 Å². The van der Waals surface area contributed by atoms with Gasteiger partial charge in [0, 0.05) is 0 Å². The van der Waals surface area contributed by atoms with E-state index in [1.54, 1.807) is 0 Å². The Bertz CT molecular complexity index is 1240. The molecule has 1 fully saturated rings. The molecule has 1 aliphatic rings. The molecule has 0 saturated carbocycles. The van der Waals surface area contributed by atoms with Crippen molar-refractivity contribution in [2.45, 2.75) is 63.9 Å². The average Bonchev–Trinajstić information content (AvgIpc) is 3.01. The van der Waals surface area contributed by atoms with Crippen LogP contribution >= 0.6 is 0 Å². The van der Waals surface area contributed by atoms with Gasteiger partial charge in [0.2, 0.25) is 0 Å². The van der Waals surface area contributed by atoms with Crippen LogP contribution in [0.5, 0.6) is 0 Å². The lowest BCUT2D eigenvalue weighted by molar-refractivity contribution is -0.269. The second-order valence-electron chi connectivity index (χ2n) is 10.2. The van der Waals surface area contributed by atoms with Gasteiger partial charge in [0.25, 0.3) is 0 Å². The minimum absolute atomic E-state index is 0.216. The maximum absolute atomic E-state index is 6.65. The molecule has 4 aromatic rings. The number of rotatable bonds is 13.